The molecule has 0 unspecified atom stereocenters. The van der Waals surface area contributed by atoms with Gasteiger partial charge in [-0.2, -0.15) is 0 Å². The minimum atomic E-state index is -1.04. The quantitative estimate of drug-likeness (QED) is 0.689. The first kappa shape index (κ1) is 13.6. The molecule has 98 valence electrons. The fourth-order valence-corrected chi connectivity index (χ4v) is 1.91. The van der Waals surface area contributed by atoms with E-state index in [1.165, 1.54) is 36.3 Å². The van der Waals surface area contributed by atoms with Gasteiger partial charge in [0.2, 0.25) is 5.88 Å². The number of ether oxygens (including phenoxy) is 1. The van der Waals surface area contributed by atoms with E-state index in [2.05, 4.69) is 9.97 Å². The van der Waals surface area contributed by atoms with E-state index in [4.69, 9.17) is 21.4 Å². The number of aromatic nitrogens is 2. The minimum absolute atomic E-state index is 0.102. The summed E-state index contributed by atoms with van der Waals surface area (Å²) < 4.78 is 5.50. The van der Waals surface area contributed by atoms with Gasteiger partial charge < -0.3 is 9.84 Å². The molecule has 0 fully saturated rings. The maximum absolute atomic E-state index is 10.8. The molecule has 0 spiro atoms. The average molecular weight is 297 g/mol. The number of hydrogen-bond acceptors (Lipinski definition) is 5. The van der Waals surface area contributed by atoms with Crippen molar-refractivity contribution in [2.75, 3.05) is 6.26 Å². The van der Waals surface area contributed by atoms with Crippen LogP contribution in [0.5, 0.6) is 11.6 Å². The van der Waals surface area contributed by atoms with Gasteiger partial charge in [-0.05, 0) is 24.5 Å². The first-order valence-electron chi connectivity index (χ1n) is 5.17. The molecule has 1 N–H and O–H groups in total. The van der Waals surface area contributed by atoms with E-state index in [0.717, 1.165) is 5.03 Å². The standard InChI is InChI=1S/C12H9ClN2O3S/c1-19-11-5-10(14-6-15-11)18-9-3-2-7(12(16)17)4-8(9)13/h2-6H,1H3,(H,16,17). The van der Waals surface area contributed by atoms with E-state index in [1.54, 1.807) is 6.07 Å². The Labute approximate surface area is 118 Å². The third-order valence-corrected chi connectivity index (χ3v) is 3.16. The first-order chi connectivity index (χ1) is 9.10. The molecule has 2 aromatic rings. The Morgan fingerprint density at radius 1 is 1.37 bits per heavy atom. The predicted octanol–water partition coefficient (Wildman–Crippen LogP) is 3.34. The highest BCUT2D eigenvalue weighted by atomic mass is 35.5. The molecule has 0 aliphatic rings. The van der Waals surface area contributed by atoms with Crippen LogP contribution in [0.3, 0.4) is 0 Å². The van der Waals surface area contributed by atoms with Crippen LogP contribution in [0.1, 0.15) is 10.4 Å². The van der Waals surface area contributed by atoms with E-state index in [0.29, 0.717) is 11.6 Å². The van der Waals surface area contributed by atoms with Crippen molar-refractivity contribution in [3.8, 4) is 11.6 Å². The number of carbonyl (C=O) groups is 1. The van der Waals surface area contributed by atoms with Gasteiger partial charge in [-0.1, -0.05) is 11.6 Å². The van der Waals surface area contributed by atoms with Crippen molar-refractivity contribution in [2.45, 2.75) is 5.03 Å². The molecule has 1 heterocycles. The Morgan fingerprint density at radius 3 is 2.79 bits per heavy atom. The number of carboxylic acids is 1. The summed E-state index contributed by atoms with van der Waals surface area (Å²) >= 11 is 7.42. The van der Waals surface area contributed by atoms with Crippen LogP contribution < -0.4 is 4.74 Å². The number of hydrogen-bond donors (Lipinski definition) is 1. The van der Waals surface area contributed by atoms with Crippen molar-refractivity contribution >= 4 is 29.3 Å². The zero-order valence-corrected chi connectivity index (χ0v) is 11.4. The van der Waals surface area contributed by atoms with Crippen LogP contribution in [0.4, 0.5) is 0 Å². The number of carboxylic acid groups (broad SMARTS) is 1. The summed E-state index contributed by atoms with van der Waals surface area (Å²) in [5.74, 6) is -0.345. The van der Waals surface area contributed by atoms with E-state index in [1.807, 2.05) is 6.26 Å². The van der Waals surface area contributed by atoms with Gasteiger partial charge in [0.25, 0.3) is 0 Å². The molecule has 0 bridgehead atoms. The van der Waals surface area contributed by atoms with Crippen LogP contribution in [0, 0.1) is 0 Å². The lowest BCUT2D eigenvalue weighted by Gasteiger charge is -2.07. The number of benzene rings is 1. The first-order valence-corrected chi connectivity index (χ1v) is 6.77. The summed E-state index contributed by atoms with van der Waals surface area (Å²) in [5.41, 5.74) is 0.102. The normalized spacial score (nSPS) is 10.2. The molecule has 0 aliphatic carbocycles. The lowest BCUT2D eigenvalue weighted by molar-refractivity contribution is 0.0697. The molecular weight excluding hydrogens is 288 g/mol. The molecule has 1 aromatic carbocycles. The predicted molar refractivity (Wildman–Crippen MR) is 72.3 cm³/mol. The van der Waals surface area contributed by atoms with E-state index in [9.17, 15) is 4.79 Å². The molecule has 0 radical (unpaired) electrons. The summed E-state index contributed by atoms with van der Waals surface area (Å²) in [4.78, 5) is 18.8. The second kappa shape index (κ2) is 5.90. The largest absolute Gasteiger partial charge is 0.478 e. The summed E-state index contributed by atoms with van der Waals surface area (Å²) in [6, 6.07) is 5.91. The zero-order valence-electron chi connectivity index (χ0n) is 9.83. The van der Waals surface area contributed by atoms with Gasteiger partial charge in [-0.3, -0.25) is 0 Å². The lowest BCUT2D eigenvalue weighted by atomic mass is 10.2. The monoisotopic (exact) mass is 296 g/mol. The maximum Gasteiger partial charge on any atom is 0.335 e. The zero-order chi connectivity index (χ0) is 13.8. The van der Waals surface area contributed by atoms with Crippen molar-refractivity contribution in [3.63, 3.8) is 0 Å². The fourth-order valence-electron chi connectivity index (χ4n) is 1.32. The van der Waals surface area contributed by atoms with Crippen molar-refractivity contribution in [1.29, 1.82) is 0 Å². The van der Waals surface area contributed by atoms with E-state index < -0.39 is 5.97 Å². The minimum Gasteiger partial charge on any atom is -0.478 e. The molecular formula is C12H9ClN2O3S. The molecule has 2 rings (SSSR count). The van der Waals surface area contributed by atoms with Gasteiger partial charge in [-0.15, -0.1) is 11.8 Å². The summed E-state index contributed by atoms with van der Waals surface area (Å²) in [6.07, 6.45) is 3.28. The Hall–Kier alpha value is -1.79. The second-order valence-corrected chi connectivity index (χ2v) is 4.68. The van der Waals surface area contributed by atoms with Gasteiger partial charge >= 0.3 is 5.97 Å². The third-order valence-electron chi connectivity index (χ3n) is 2.22. The average Bonchev–Trinajstić information content (AvgIpc) is 2.41. The number of rotatable bonds is 4. The molecule has 0 atom stereocenters. The Bertz CT molecular complexity index is 622. The van der Waals surface area contributed by atoms with Gasteiger partial charge in [-0.25, -0.2) is 14.8 Å². The maximum atomic E-state index is 10.8. The SMILES string of the molecule is CSc1cc(Oc2ccc(C(=O)O)cc2Cl)ncn1. The second-order valence-electron chi connectivity index (χ2n) is 3.45. The summed E-state index contributed by atoms with van der Waals surface area (Å²) in [6.45, 7) is 0. The lowest BCUT2D eigenvalue weighted by Crippen LogP contribution is -1.97. The van der Waals surface area contributed by atoms with Crippen LogP contribution in [-0.2, 0) is 0 Å². The van der Waals surface area contributed by atoms with Gasteiger partial charge in [0.1, 0.15) is 17.1 Å². The number of aromatic carboxylic acids is 1. The molecule has 1 aromatic heterocycles. The highest BCUT2D eigenvalue weighted by Crippen LogP contribution is 2.30. The van der Waals surface area contributed by atoms with Crippen molar-refractivity contribution in [3.05, 3.63) is 41.2 Å². The molecule has 19 heavy (non-hydrogen) atoms. The number of halogens is 1. The summed E-state index contributed by atoms with van der Waals surface area (Å²) in [7, 11) is 0. The molecule has 7 heteroatoms. The van der Waals surface area contributed by atoms with Crippen LogP contribution >= 0.6 is 23.4 Å². The molecule has 5 nitrogen and oxygen atoms in total. The van der Waals surface area contributed by atoms with Crippen LogP contribution in [0.15, 0.2) is 35.6 Å². The van der Waals surface area contributed by atoms with Crippen molar-refractivity contribution in [1.82, 2.24) is 9.97 Å². The third kappa shape index (κ3) is 3.36. The van der Waals surface area contributed by atoms with Gasteiger partial charge in [0.05, 0.1) is 10.6 Å². The number of thioether (sulfide) groups is 1. The van der Waals surface area contributed by atoms with Crippen LogP contribution in [0.25, 0.3) is 0 Å². The molecule has 0 aliphatic heterocycles. The topological polar surface area (TPSA) is 72.3 Å². The van der Waals surface area contributed by atoms with Crippen molar-refractivity contribution in [2.24, 2.45) is 0 Å². The highest BCUT2D eigenvalue weighted by Gasteiger charge is 2.09. The smallest absolute Gasteiger partial charge is 0.335 e. The molecule has 0 saturated heterocycles. The molecule has 0 amide bonds. The van der Waals surface area contributed by atoms with Crippen LogP contribution in [0.2, 0.25) is 5.02 Å². The summed E-state index contributed by atoms with van der Waals surface area (Å²) in [5, 5.41) is 9.81. The molecule has 0 saturated carbocycles. The Morgan fingerprint density at radius 2 is 2.16 bits per heavy atom. The fraction of sp³-hybridized carbons (Fsp3) is 0.0833. The number of nitrogens with zero attached hydrogens (tertiary/aromatic N) is 2. The van der Waals surface area contributed by atoms with Gasteiger partial charge in [0.15, 0.2) is 0 Å². The Balaban J connectivity index is 2.25. The van der Waals surface area contributed by atoms with Crippen LogP contribution in [-0.4, -0.2) is 27.3 Å². The highest BCUT2D eigenvalue weighted by molar-refractivity contribution is 7.98. The Kier molecular flexibility index (Phi) is 4.24. The van der Waals surface area contributed by atoms with E-state index in [-0.39, 0.29) is 10.6 Å². The van der Waals surface area contributed by atoms with Crippen molar-refractivity contribution < 1.29 is 14.6 Å². The van der Waals surface area contributed by atoms with Gasteiger partial charge in [0, 0.05) is 6.07 Å². The van der Waals surface area contributed by atoms with E-state index >= 15 is 0 Å².